The van der Waals surface area contributed by atoms with Crippen LogP contribution in [0.1, 0.15) is 26.7 Å². The molecule has 0 unspecified atom stereocenters. The van der Waals surface area contributed by atoms with E-state index in [1.54, 1.807) is 0 Å². The van der Waals surface area contributed by atoms with Crippen LogP contribution in [0.25, 0.3) is 0 Å². The van der Waals surface area contributed by atoms with Crippen LogP contribution in [0.3, 0.4) is 0 Å². The van der Waals surface area contributed by atoms with Gasteiger partial charge in [-0.3, -0.25) is 5.32 Å². The summed E-state index contributed by atoms with van der Waals surface area (Å²) >= 11 is 0. The zero-order valence-electron chi connectivity index (χ0n) is 8.27. The van der Waals surface area contributed by atoms with Gasteiger partial charge in [-0.05, 0) is 33.2 Å². The molecule has 0 spiro atoms. The molecule has 0 atom stereocenters. The molecule has 0 radical (unpaired) electrons. The van der Waals surface area contributed by atoms with E-state index in [1.165, 1.54) is 0 Å². The quantitative estimate of drug-likeness (QED) is 0.424. The van der Waals surface area contributed by atoms with Crippen molar-refractivity contribution in [2.75, 3.05) is 33.1 Å². The molecule has 0 heterocycles. The second kappa shape index (κ2) is 10.9. The van der Waals surface area contributed by atoms with Gasteiger partial charge in [-0.1, -0.05) is 0 Å². The van der Waals surface area contributed by atoms with E-state index in [0.717, 1.165) is 39.2 Å². The Balaban J connectivity index is 2.73. The lowest BCUT2D eigenvalue weighted by molar-refractivity contribution is 0.124. The molecule has 12 heavy (non-hydrogen) atoms. The molecule has 0 saturated carbocycles. The maximum absolute atomic E-state index is 5.20. The van der Waals surface area contributed by atoms with Gasteiger partial charge in [-0.25, -0.2) is 0 Å². The zero-order chi connectivity index (χ0) is 9.07. The van der Waals surface area contributed by atoms with E-state index in [4.69, 9.17) is 9.47 Å². The fourth-order valence-electron chi connectivity index (χ4n) is 0.845. The normalized spacial score (nSPS) is 10.5. The van der Waals surface area contributed by atoms with E-state index in [9.17, 15) is 0 Å². The van der Waals surface area contributed by atoms with Gasteiger partial charge in [0, 0.05) is 19.8 Å². The Morgan fingerprint density at radius 1 is 1.00 bits per heavy atom. The maximum Gasteiger partial charge on any atom is 0.0965 e. The molecular formula is C9H21NO2. The van der Waals surface area contributed by atoms with E-state index < -0.39 is 0 Å². The lowest BCUT2D eigenvalue weighted by Gasteiger charge is -2.04. The molecule has 0 aliphatic heterocycles. The van der Waals surface area contributed by atoms with Gasteiger partial charge in [-0.2, -0.15) is 0 Å². The first kappa shape index (κ1) is 11.9. The monoisotopic (exact) mass is 175 g/mol. The molecule has 0 rings (SSSR count). The minimum atomic E-state index is 0.672. The van der Waals surface area contributed by atoms with Crippen LogP contribution in [0.2, 0.25) is 0 Å². The molecule has 3 nitrogen and oxygen atoms in total. The average molecular weight is 175 g/mol. The molecule has 0 bridgehead atoms. The third-order valence-corrected chi connectivity index (χ3v) is 1.50. The molecule has 74 valence electrons. The molecule has 0 aromatic heterocycles. The van der Waals surface area contributed by atoms with Crippen LogP contribution in [0.4, 0.5) is 0 Å². The number of hydrogen-bond donors (Lipinski definition) is 1. The number of unbranched alkanes of at least 4 members (excludes halogenated alkanes) is 1. The molecule has 0 aromatic carbocycles. The van der Waals surface area contributed by atoms with Gasteiger partial charge in [0.2, 0.25) is 0 Å². The number of nitrogens with one attached hydrogen (secondary N) is 1. The van der Waals surface area contributed by atoms with Crippen molar-refractivity contribution >= 4 is 0 Å². The Kier molecular flexibility index (Phi) is 10.8. The van der Waals surface area contributed by atoms with E-state index in [0.29, 0.717) is 6.73 Å². The first-order chi connectivity index (χ1) is 5.91. The largest absolute Gasteiger partial charge is 0.382 e. The fourth-order valence-corrected chi connectivity index (χ4v) is 0.845. The molecule has 1 N–H and O–H groups in total. The Labute approximate surface area is 75.4 Å². The third-order valence-electron chi connectivity index (χ3n) is 1.50. The van der Waals surface area contributed by atoms with Crippen molar-refractivity contribution in [3.8, 4) is 0 Å². The van der Waals surface area contributed by atoms with Gasteiger partial charge < -0.3 is 9.47 Å². The van der Waals surface area contributed by atoms with E-state index in [1.807, 2.05) is 13.8 Å². The van der Waals surface area contributed by atoms with E-state index >= 15 is 0 Å². The Hall–Kier alpha value is -0.120. The second-order valence-corrected chi connectivity index (χ2v) is 2.54. The van der Waals surface area contributed by atoms with Crippen molar-refractivity contribution in [2.24, 2.45) is 0 Å². The lowest BCUT2D eigenvalue weighted by atomic mass is 10.3. The van der Waals surface area contributed by atoms with Gasteiger partial charge in [0.05, 0.1) is 6.73 Å². The summed E-state index contributed by atoms with van der Waals surface area (Å²) in [5.74, 6) is 0. The molecule has 3 heteroatoms. The van der Waals surface area contributed by atoms with Crippen molar-refractivity contribution in [3.05, 3.63) is 0 Å². The Bertz CT molecular complexity index is 68.9. The lowest BCUT2D eigenvalue weighted by Crippen LogP contribution is -2.19. The highest BCUT2D eigenvalue weighted by molar-refractivity contribution is 4.42. The van der Waals surface area contributed by atoms with Crippen LogP contribution in [-0.2, 0) is 9.47 Å². The smallest absolute Gasteiger partial charge is 0.0965 e. The van der Waals surface area contributed by atoms with E-state index in [-0.39, 0.29) is 0 Å². The number of rotatable bonds is 9. The van der Waals surface area contributed by atoms with Crippen LogP contribution in [-0.4, -0.2) is 33.1 Å². The number of hydrogen-bond acceptors (Lipinski definition) is 3. The minimum absolute atomic E-state index is 0.672. The number of ether oxygens (including phenoxy) is 2. The maximum atomic E-state index is 5.20. The Morgan fingerprint density at radius 2 is 1.75 bits per heavy atom. The summed E-state index contributed by atoms with van der Waals surface area (Å²) in [5.41, 5.74) is 0. The standard InChI is InChI=1S/C9H21NO2/c1-3-11-8-6-5-7-10-9-12-4-2/h10H,3-9H2,1-2H3. The highest BCUT2D eigenvalue weighted by atomic mass is 16.5. The first-order valence-corrected chi connectivity index (χ1v) is 4.78. The van der Waals surface area contributed by atoms with Crippen molar-refractivity contribution in [1.29, 1.82) is 0 Å². The highest BCUT2D eigenvalue weighted by Gasteiger charge is 1.88. The highest BCUT2D eigenvalue weighted by Crippen LogP contribution is 1.87. The topological polar surface area (TPSA) is 30.5 Å². The third kappa shape index (κ3) is 9.88. The summed E-state index contributed by atoms with van der Waals surface area (Å²) in [7, 11) is 0. The van der Waals surface area contributed by atoms with Crippen molar-refractivity contribution in [3.63, 3.8) is 0 Å². The van der Waals surface area contributed by atoms with Gasteiger partial charge >= 0.3 is 0 Å². The van der Waals surface area contributed by atoms with Crippen LogP contribution < -0.4 is 5.32 Å². The van der Waals surface area contributed by atoms with Crippen molar-refractivity contribution < 1.29 is 9.47 Å². The van der Waals surface area contributed by atoms with Crippen molar-refractivity contribution in [1.82, 2.24) is 5.32 Å². The van der Waals surface area contributed by atoms with Gasteiger partial charge in [0.1, 0.15) is 0 Å². The van der Waals surface area contributed by atoms with Crippen LogP contribution in [0, 0.1) is 0 Å². The summed E-state index contributed by atoms with van der Waals surface area (Å²) in [6.45, 7) is 8.20. The molecule has 0 saturated heterocycles. The van der Waals surface area contributed by atoms with E-state index in [2.05, 4.69) is 5.32 Å². The molecule has 0 aliphatic carbocycles. The van der Waals surface area contributed by atoms with Crippen LogP contribution >= 0.6 is 0 Å². The fraction of sp³-hybridized carbons (Fsp3) is 1.00. The van der Waals surface area contributed by atoms with Gasteiger partial charge in [0.25, 0.3) is 0 Å². The predicted octanol–water partition coefficient (Wildman–Crippen LogP) is 1.39. The zero-order valence-corrected chi connectivity index (χ0v) is 8.27. The van der Waals surface area contributed by atoms with Gasteiger partial charge in [-0.15, -0.1) is 0 Å². The summed E-state index contributed by atoms with van der Waals surface area (Å²) in [4.78, 5) is 0. The Morgan fingerprint density at radius 3 is 2.42 bits per heavy atom. The molecule has 0 aromatic rings. The van der Waals surface area contributed by atoms with Crippen molar-refractivity contribution in [2.45, 2.75) is 26.7 Å². The summed E-state index contributed by atoms with van der Waals surface area (Å²) in [5, 5.41) is 3.19. The predicted molar refractivity (Wildman–Crippen MR) is 50.2 cm³/mol. The molecule has 0 fully saturated rings. The second-order valence-electron chi connectivity index (χ2n) is 2.54. The minimum Gasteiger partial charge on any atom is -0.382 e. The summed E-state index contributed by atoms with van der Waals surface area (Å²) in [6, 6.07) is 0. The first-order valence-electron chi connectivity index (χ1n) is 4.78. The van der Waals surface area contributed by atoms with Crippen LogP contribution in [0.5, 0.6) is 0 Å². The average Bonchev–Trinajstić information content (AvgIpc) is 2.10. The summed E-state index contributed by atoms with van der Waals surface area (Å²) < 4.78 is 10.3. The molecule has 0 amide bonds. The van der Waals surface area contributed by atoms with Crippen LogP contribution in [0.15, 0.2) is 0 Å². The summed E-state index contributed by atoms with van der Waals surface area (Å²) in [6.07, 6.45) is 2.29. The molecular weight excluding hydrogens is 154 g/mol. The molecule has 0 aliphatic rings. The van der Waals surface area contributed by atoms with Gasteiger partial charge in [0.15, 0.2) is 0 Å². The SMILES string of the molecule is CCOCCCCNCOCC.